The summed E-state index contributed by atoms with van der Waals surface area (Å²) in [6, 6.07) is 6.56. The van der Waals surface area contributed by atoms with Crippen LogP contribution in [0.25, 0.3) is 0 Å². The number of hydrogen-bond acceptors (Lipinski definition) is 3. The van der Waals surface area contributed by atoms with Gasteiger partial charge in [-0.1, -0.05) is 56.9 Å². The Labute approximate surface area is 165 Å². The summed E-state index contributed by atoms with van der Waals surface area (Å²) in [5, 5.41) is 0. The number of sulfonamides is 1. The zero-order chi connectivity index (χ0) is 19.9. The molecule has 2 rings (SSSR count). The van der Waals surface area contributed by atoms with E-state index < -0.39 is 10.0 Å². The fourth-order valence-corrected chi connectivity index (χ4v) is 5.25. The first kappa shape index (κ1) is 21.7. The lowest BCUT2D eigenvalue weighted by Crippen LogP contribution is -2.48. The number of benzene rings is 1. The monoisotopic (exact) mass is 391 g/mol. The van der Waals surface area contributed by atoms with Gasteiger partial charge in [-0.25, -0.2) is 8.42 Å². The zero-order valence-corrected chi connectivity index (χ0v) is 17.7. The van der Waals surface area contributed by atoms with Crippen LogP contribution in [-0.4, -0.2) is 31.4 Å². The number of rotatable bonds is 10. The van der Waals surface area contributed by atoms with E-state index in [1.807, 2.05) is 25.1 Å². The molecule has 1 aliphatic rings. The van der Waals surface area contributed by atoms with Crippen LogP contribution < -0.4 is 0 Å². The van der Waals surface area contributed by atoms with E-state index in [4.69, 9.17) is 4.74 Å². The second-order valence-corrected chi connectivity index (χ2v) is 9.05. The lowest BCUT2D eigenvalue weighted by Gasteiger charge is -2.38. The van der Waals surface area contributed by atoms with Crippen LogP contribution in [0.1, 0.15) is 57.9 Å². The van der Waals surface area contributed by atoms with Crippen molar-refractivity contribution in [3.8, 4) is 0 Å². The molecule has 5 heteroatoms. The molecule has 0 radical (unpaired) electrons. The number of nitrogens with zero attached hydrogens (tertiary/aromatic N) is 1. The van der Waals surface area contributed by atoms with Gasteiger partial charge in [0.1, 0.15) is 0 Å². The number of unbranched alkanes of at least 4 members (excludes halogenated alkanes) is 2. The molecule has 1 aromatic carbocycles. The van der Waals surface area contributed by atoms with Gasteiger partial charge in [0, 0.05) is 12.5 Å². The molecular weight excluding hydrogens is 358 g/mol. The van der Waals surface area contributed by atoms with E-state index in [1.165, 1.54) is 0 Å². The summed E-state index contributed by atoms with van der Waals surface area (Å²) in [4.78, 5) is 0.335. The van der Waals surface area contributed by atoms with Gasteiger partial charge in [-0.2, -0.15) is 4.31 Å². The van der Waals surface area contributed by atoms with Crippen LogP contribution >= 0.6 is 0 Å². The minimum Gasteiger partial charge on any atom is -0.498 e. The van der Waals surface area contributed by atoms with Crippen molar-refractivity contribution >= 4 is 10.0 Å². The van der Waals surface area contributed by atoms with Gasteiger partial charge in [-0.05, 0) is 38.0 Å². The smallest absolute Gasteiger partial charge is 0.244 e. The van der Waals surface area contributed by atoms with Gasteiger partial charge < -0.3 is 4.74 Å². The van der Waals surface area contributed by atoms with Crippen LogP contribution in [-0.2, 0) is 14.8 Å². The fraction of sp³-hybridized carbons (Fsp3) is 0.545. The lowest BCUT2D eigenvalue weighted by atomic mass is 10.00. The maximum absolute atomic E-state index is 13.4. The minimum atomic E-state index is -3.60. The molecule has 4 nitrogen and oxygen atoms in total. The van der Waals surface area contributed by atoms with E-state index in [0.29, 0.717) is 17.9 Å². The molecule has 0 bridgehead atoms. The summed E-state index contributed by atoms with van der Waals surface area (Å²) in [5.41, 5.74) is 1.04. The average molecular weight is 392 g/mol. The summed E-state index contributed by atoms with van der Waals surface area (Å²) in [6.45, 7) is 10.8. The Kier molecular flexibility index (Phi) is 8.11. The molecule has 0 aromatic heterocycles. The third-order valence-electron chi connectivity index (χ3n) is 4.94. The Balaban J connectivity index is 2.30. The van der Waals surface area contributed by atoms with E-state index in [2.05, 4.69) is 20.4 Å². The van der Waals surface area contributed by atoms with E-state index in [0.717, 1.165) is 43.4 Å². The highest BCUT2D eigenvalue weighted by molar-refractivity contribution is 7.89. The molecule has 0 fully saturated rings. The predicted molar refractivity (Wildman–Crippen MR) is 111 cm³/mol. The highest BCUT2D eigenvalue weighted by Crippen LogP contribution is 2.32. The minimum absolute atomic E-state index is 0.115. The Hall–Kier alpha value is -1.59. The summed E-state index contributed by atoms with van der Waals surface area (Å²) < 4.78 is 34.3. The van der Waals surface area contributed by atoms with Crippen molar-refractivity contribution < 1.29 is 13.2 Å². The molecule has 0 spiro atoms. The molecule has 1 aromatic rings. The van der Waals surface area contributed by atoms with Crippen molar-refractivity contribution in [2.45, 2.75) is 76.3 Å². The fourth-order valence-electron chi connectivity index (χ4n) is 3.48. The SMILES string of the molecule is C=C[C@@H]1C=C(OCCCCC)C[C@@H](CCC)N1S(=O)(=O)c1ccc(C)cc1. The normalized spacial score (nSPS) is 20.9. The highest BCUT2D eigenvalue weighted by Gasteiger charge is 2.38. The van der Waals surface area contributed by atoms with Crippen LogP contribution in [0.2, 0.25) is 0 Å². The van der Waals surface area contributed by atoms with Crippen molar-refractivity contribution in [3.05, 3.63) is 54.3 Å². The predicted octanol–water partition coefficient (Wildman–Crippen LogP) is 5.20. The molecule has 0 saturated heterocycles. The first-order chi connectivity index (χ1) is 12.9. The van der Waals surface area contributed by atoms with Gasteiger partial charge >= 0.3 is 0 Å². The van der Waals surface area contributed by atoms with Gasteiger partial charge in [0.05, 0.1) is 23.3 Å². The van der Waals surface area contributed by atoms with Gasteiger partial charge in [0.15, 0.2) is 0 Å². The number of ether oxygens (including phenoxy) is 1. The molecule has 150 valence electrons. The maximum Gasteiger partial charge on any atom is 0.244 e. The first-order valence-electron chi connectivity index (χ1n) is 10.00. The van der Waals surface area contributed by atoms with Crippen LogP contribution in [0, 0.1) is 6.92 Å². The number of aryl methyl sites for hydroxylation is 1. The molecule has 0 aliphatic carbocycles. The van der Waals surface area contributed by atoms with Crippen molar-refractivity contribution in [1.82, 2.24) is 4.31 Å². The molecular formula is C22H33NO3S. The first-order valence-corrected chi connectivity index (χ1v) is 11.4. The third kappa shape index (κ3) is 5.45. The summed E-state index contributed by atoms with van der Waals surface area (Å²) >= 11 is 0. The molecule has 0 saturated carbocycles. The van der Waals surface area contributed by atoms with E-state index in [-0.39, 0.29) is 12.1 Å². The molecule has 0 unspecified atom stereocenters. The van der Waals surface area contributed by atoms with Crippen molar-refractivity contribution in [3.63, 3.8) is 0 Å². The Morgan fingerprint density at radius 3 is 2.48 bits per heavy atom. The summed E-state index contributed by atoms with van der Waals surface area (Å²) in [7, 11) is -3.60. The topological polar surface area (TPSA) is 46.6 Å². The largest absolute Gasteiger partial charge is 0.498 e. The zero-order valence-electron chi connectivity index (χ0n) is 16.9. The number of hydrogen-bond donors (Lipinski definition) is 0. The lowest BCUT2D eigenvalue weighted by molar-refractivity contribution is 0.155. The summed E-state index contributed by atoms with van der Waals surface area (Å²) in [6.07, 6.45) is 9.26. The Morgan fingerprint density at radius 1 is 1.19 bits per heavy atom. The average Bonchev–Trinajstić information content (AvgIpc) is 2.65. The second kappa shape index (κ2) is 10.1. The third-order valence-corrected chi connectivity index (χ3v) is 6.91. The van der Waals surface area contributed by atoms with Crippen molar-refractivity contribution in [1.29, 1.82) is 0 Å². The highest BCUT2D eigenvalue weighted by atomic mass is 32.2. The van der Waals surface area contributed by atoms with Crippen molar-refractivity contribution in [2.75, 3.05) is 6.61 Å². The van der Waals surface area contributed by atoms with Crippen LogP contribution in [0.5, 0.6) is 0 Å². The molecule has 0 amide bonds. The molecule has 2 atom stereocenters. The molecule has 1 aliphatic heterocycles. The van der Waals surface area contributed by atoms with Crippen LogP contribution in [0.3, 0.4) is 0 Å². The standard InChI is InChI=1S/C22H33NO3S/c1-5-8-9-15-26-21-16-19(7-3)23(20(17-21)10-6-2)27(24,25)22-13-11-18(4)12-14-22/h7,11-14,16,19-20H,3,5-6,8-10,15,17H2,1-2,4H3/t19-,20-/m1/s1. The van der Waals surface area contributed by atoms with E-state index in [9.17, 15) is 8.42 Å². The van der Waals surface area contributed by atoms with E-state index >= 15 is 0 Å². The quantitative estimate of drug-likeness (QED) is 0.407. The van der Waals surface area contributed by atoms with Gasteiger partial charge in [0.2, 0.25) is 10.0 Å². The molecule has 0 N–H and O–H groups in total. The van der Waals surface area contributed by atoms with Crippen LogP contribution in [0.4, 0.5) is 0 Å². The van der Waals surface area contributed by atoms with Crippen molar-refractivity contribution in [2.24, 2.45) is 0 Å². The van der Waals surface area contributed by atoms with Gasteiger partial charge in [0.25, 0.3) is 0 Å². The Morgan fingerprint density at radius 2 is 1.89 bits per heavy atom. The molecule has 1 heterocycles. The van der Waals surface area contributed by atoms with Gasteiger partial charge in [-0.15, -0.1) is 6.58 Å². The summed E-state index contributed by atoms with van der Waals surface area (Å²) in [5.74, 6) is 0.893. The second-order valence-electron chi connectivity index (χ2n) is 7.21. The van der Waals surface area contributed by atoms with Gasteiger partial charge in [-0.3, -0.25) is 0 Å². The maximum atomic E-state index is 13.4. The molecule has 27 heavy (non-hydrogen) atoms. The van der Waals surface area contributed by atoms with Crippen LogP contribution in [0.15, 0.2) is 53.7 Å². The van der Waals surface area contributed by atoms with E-state index in [1.54, 1.807) is 22.5 Å². The Bertz CT molecular complexity index is 737.